The summed E-state index contributed by atoms with van der Waals surface area (Å²) in [7, 11) is 1.96. The summed E-state index contributed by atoms with van der Waals surface area (Å²) in [6, 6.07) is 0.330. The summed E-state index contributed by atoms with van der Waals surface area (Å²) in [5.74, 6) is 0.996. The SMILES string of the molecule is Cn1cc(C(CN)N2CCN(CC3CC3)CC2)cn1. The fourth-order valence-electron chi connectivity index (χ4n) is 3.03. The van der Waals surface area contributed by atoms with Gasteiger partial charge in [0.05, 0.1) is 12.2 Å². The molecular weight excluding hydrogens is 238 g/mol. The number of nitrogens with zero attached hydrogens (tertiary/aromatic N) is 4. The molecule has 3 rings (SSSR count). The van der Waals surface area contributed by atoms with Gasteiger partial charge in [0.25, 0.3) is 0 Å². The molecule has 19 heavy (non-hydrogen) atoms. The van der Waals surface area contributed by atoms with E-state index in [1.165, 1.54) is 38.0 Å². The Kier molecular flexibility index (Phi) is 3.86. The van der Waals surface area contributed by atoms with Gasteiger partial charge in [0.15, 0.2) is 0 Å². The first-order valence-electron chi connectivity index (χ1n) is 7.41. The fraction of sp³-hybridized carbons (Fsp3) is 0.786. The first-order chi connectivity index (χ1) is 9.26. The van der Waals surface area contributed by atoms with E-state index < -0.39 is 0 Å². The highest BCUT2D eigenvalue weighted by Gasteiger charge is 2.28. The van der Waals surface area contributed by atoms with Gasteiger partial charge in [-0.05, 0) is 18.8 Å². The average Bonchev–Trinajstić information content (AvgIpc) is 3.13. The average molecular weight is 263 g/mol. The van der Waals surface area contributed by atoms with Crippen LogP contribution in [0.4, 0.5) is 0 Å². The summed E-state index contributed by atoms with van der Waals surface area (Å²) in [4.78, 5) is 5.13. The Morgan fingerprint density at radius 3 is 2.58 bits per heavy atom. The second-order valence-corrected chi connectivity index (χ2v) is 5.98. The molecule has 0 amide bonds. The normalized spacial score (nSPS) is 23.7. The molecule has 1 saturated carbocycles. The summed E-state index contributed by atoms with van der Waals surface area (Å²) in [6.45, 7) is 6.62. The lowest BCUT2D eigenvalue weighted by atomic mass is 10.1. The lowest BCUT2D eigenvalue weighted by Crippen LogP contribution is -2.49. The third kappa shape index (κ3) is 3.16. The molecule has 1 aromatic heterocycles. The van der Waals surface area contributed by atoms with Crippen LogP contribution in [0.3, 0.4) is 0 Å². The van der Waals surface area contributed by atoms with E-state index in [9.17, 15) is 0 Å². The zero-order valence-electron chi connectivity index (χ0n) is 11.8. The maximum absolute atomic E-state index is 5.98. The van der Waals surface area contributed by atoms with Gasteiger partial charge >= 0.3 is 0 Å². The van der Waals surface area contributed by atoms with Crippen molar-refractivity contribution < 1.29 is 0 Å². The molecule has 0 radical (unpaired) electrons. The Morgan fingerprint density at radius 1 is 1.32 bits per heavy atom. The van der Waals surface area contributed by atoms with Crippen molar-refractivity contribution in [1.29, 1.82) is 0 Å². The van der Waals surface area contributed by atoms with Crippen molar-refractivity contribution >= 4 is 0 Å². The van der Waals surface area contributed by atoms with Crippen LogP contribution in [0, 0.1) is 5.92 Å². The highest BCUT2D eigenvalue weighted by Crippen LogP contribution is 2.30. The number of hydrogen-bond donors (Lipinski definition) is 1. The summed E-state index contributed by atoms with van der Waals surface area (Å²) < 4.78 is 1.86. The Balaban J connectivity index is 1.56. The number of aryl methyl sites for hydroxylation is 1. The van der Waals surface area contributed by atoms with Gasteiger partial charge in [-0.3, -0.25) is 9.58 Å². The molecule has 2 heterocycles. The van der Waals surface area contributed by atoms with Crippen LogP contribution in [-0.2, 0) is 7.05 Å². The van der Waals surface area contributed by atoms with Crippen molar-refractivity contribution in [2.24, 2.45) is 18.7 Å². The monoisotopic (exact) mass is 263 g/mol. The predicted octanol–water partition coefficient (Wildman–Crippen LogP) is 0.448. The quantitative estimate of drug-likeness (QED) is 0.838. The van der Waals surface area contributed by atoms with Gasteiger partial charge in [-0.25, -0.2) is 0 Å². The topological polar surface area (TPSA) is 50.3 Å². The molecule has 2 N–H and O–H groups in total. The molecule has 1 aliphatic carbocycles. The third-order valence-corrected chi connectivity index (χ3v) is 4.39. The Labute approximate surface area is 115 Å². The van der Waals surface area contributed by atoms with Crippen molar-refractivity contribution in [3.63, 3.8) is 0 Å². The number of piperazine rings is 1. The highest BCUT2D eigenvalue weighted by molar-refractivity contribution is 5.11. The van der Waals surface area contributed by atoms with E-state index in [1.54, 1.807) is 0 Å². The Hall–Kier alpha value is -0.910. The van der Waals surface area contributed by atoms with Gasteiger partial charge in [-0.1, -0.05) is 0 Å². The van der Waals surface area contributed by atoms with Crippen molar-refractivity contribution in [1.82, 2.24) is 19.6 Å². The summed E-state index contributed by atoms with van der Waals surface area (Å²) in [5.41, 5.74) is 7.23. The van der Waals surface area contributed by atoms with Gasteiger partial charge in [0.2, 0.25) is 0 Å². The molecule has 5 heteroatoms. The Bertz CT molecular complexity index is 404. The predicted molar refractivity (Wildman–Crippen MR) is 75.7 cm³/mol. The molecule has 1 atom stereocenters. The van der Waals surface area contributed by atoms with E-state index in [-0.39, 0.29) is 0 Å². The van der Waals surface area contributed by atoms with E-state index in [0.29, 0.717) is 12.6 Å². The van der Waals surface area contributed by atoms with Gasteiger partial charge < -0.3 is 10.6 Å². The van der Waals surface area contributed by atoms with E-state index in [1.807, 2.05) is 17.9 Å². The number of nitrogens with two attached hydrogens (primary N) is 1. The summed E-state index contributed by atoms with van der Waals surface area (Å²) in [6.07, 6.45) is 6.94. The van der Waals surface area contributed by atoms with Crippen LogP contribution in [0.2, 0.25) is 0 Å². The van der Waals surface area contributed by atoms with E-state index in [0.717, 1.165) is 19.0 Å². The number of hydrogen-bond acceptors (Lipinski definition) is 4. The minimum Gasteiger partial charge on any atom is -0.329 e. The lowest BCUT2D eigenvalue weighted by molar-refractivity contribution is 0.0955. The molecule has 1 saturated heterocycles. The molecule has 0 bridgehead atoms. The molecular formula is C14H25N5. The molecule has 106 valence electrons. The first kappa shape index (κ1) is 13.1. The van der Waals surface area contributed by atoms with Crippen molar-refractivity contribution in [2.75, 3.05) is 39.3 Å². The summed E-state index contributed by atoms with van der Waals surface area (Å²) >= 11 is 0. The molecule has 5 nitrogen and oxygen atoms in total. The molecule has 2 aliphatic rings. The maximum Gasteiger partial charge on any atom is 0.0538 e. The standard InChI is InChI=1S/C14H25N5/c1-17-11-13(9-16-17)14(8-15)19-6-4-18(5-7-19)10-12-2-3-12/h9,11-12,14H,2-8,10,15H2,1H3. The molecule has 0 aromatic carbocycles. The number of rotatable bonds is 5. The number of aromatic nitrogens is 2. The van der Waals surface area contributed by atoms with E-state index in [2.05, 4.69) is 21.1 Å². The molecule has 1 aromatic rings. The first-order valence-corrected chi connectivity index (χ1v) is 7.41. The van der Waals surface area contributed by atoms with Crippen LogP contribution in [0.25, 0.3) is 0 Å². The van der Waals surface area contributed by atoms with Crippen LogP contribution in [0.5, 0.6) is 0 Å². The zero-order valence-corrected chi connectivity index (χ0v) is 11.8. The van der Waals surface area contributed by atoms with Crippen LogP contribution in [0.1, 0.15) is 24.4 Å². The second-order valence-electron chi connectivity index (χ2n) is 5.98. The lowest BCUT2D eigenvalue weighted by Gasteiger charge is -2.38. The van der Waals surface area contributed by atoms with E-state index >= 15 is 0 Å². The fourth-order valence-corrected chi connectivity index (χ4v) is 3.03. The van der Waals surface area contributed by atoms with Crippen LogP contribution < -0.4 is 5.73 Å². The zero-order chi connectivity index (χ0) is 13.2. The summed E-state index contributed by atoms with van der Waals surface area (Å²) in [5, 5.41) is 4.27. The molecule has 0 spiro atoms. The van der Waals surface area contributed by atoms with Crippen molar-refractivity contribution in [3.05, 3.63) is 18.0 Å². The van der Waals surface area contributed by atoms with Crippen LogP contribution >= 0.6 is 0 Å². The Morgan fingerprint density at radius 2 is 2.05 bits per heavy atom. The van der Waals surface area contributed by atoms with Crippen LogP contribution in [0.15, 0.2) is 12.4 Å². The van der Waals surface area contributed by atoms with Crippen molar-refractivity contribution in [3.8, 4) is 0 Å². The molecule has 2 fully saturated rings. The second kappa shape index (κ2) is 5.61. The largest absolute Gasteiger partial charge is 0.329 e. The molecule has 1 unspecified atom stereocenters. The third-order valence-electron chi connectivity index (χ3n) is 4.39. The minimum atomic E-state index is 0.330. The van der Waals surface area contributed by atoms with Gasteiger partial charge in [-0.15, -0.1) is 0 Å². The molecule has 1 aliphatic heterocycles. The van der Waals surface area contributed by atoms with E-state index in [4.69, 9.17) is 5.73 Å². The van der Waals surface area contributed by atoms with Crippen LogP contribution in [-0.4, -0.2) is 58.8 Å². The van der Waals surface area contributed by atoms with Gasteiger partial charge in [0.1, 0.15) is 0 Å². The van der Waals surface area contributed by atoms with Gasteiger partial charge in [-0.2, -0.15) is 5.10 Å². The van der Waals surface area contributed by atoms with Gasteiger partial charge in [0, 0.05) is 58.1 Å². The minimum absolute atomic E-state index is 0.330. The smallest absolute Gasteiger partial charge is 0.0538 e. The highest BCUT2D eigenvalue weighted by atomic mass is 15.3. The maximum atomic E-state index is 5.98. The van der Waals surface area contributed by atoms with Crippen molar-refractivity contribution in [2.45, 2.75) is 18.9 Å².